The van der Waals surface area contributed by atoms with Crippen LogP contribution in [0.1, 0.15) is 39.5 Å². The topological polar surface area (TPSA) is 78.3 Å². The normalized spacial score (nSPS) is 12.0. The first-order valence-corrected chi connectivity index (χ1v) is 8.83. The van der Waals surface area contributed by atoms with Crippen LogP contribution in [0.25, 0.3) is 0 Å². The van der Waals surface area contributed by atoms with Gasteiger partial charge in [-0.05, 0) is 45.3 Å². The number of nitrogens with one attached hydrogen (secondary N) is 3. The van der Waals surface area contributed by atoms with Crippen LogP contribution < -0.4 is 15.7 Å². The van der Waals surface area contributed by atoms with Crippen molar-refractivity contribution in [1.82, 2.24) is 15.7 Å². The molecule has 21 heavy (non-hydrogen) atoms. The lowest BCUT2D eigenvalue weighted by Gasteiger charge is -2.19. The second-order valence-corrected chi connectivity index (χ2v) is 6.38. The molecule has 0 fully saturated rings. The van der Waals surface area contributed by atoms with Gasteiger partial charge in [-0.2, -0.15) is 5.26 Å². The van der Waals surface area contributed by atoms with E-state index in [4.69, 9.17) is 26.5 Å². The van der Waals surface area contributed by atoms with Gasteiger partial charge in [0.2, 0.25) is 0 Å². The van der Waals surface area contributed by atoms with Crippen LogP contribution in [0.15, 0.2) is 0 Å². The van der Waals surface area contributed by atoms with Gasteiger partial charge in [0, 0.05) is 19.6 Å². The van der Waals surface area contributed by atoms with Crippen LogP contribution >= 0.6 is 20.7 Å². The van der Waals surface area contributed by atoms with Gasteiger partial charge < -0.3 is 19.7 Å². The van der Waals surface area contributed by atoms with E-state index in [0.717, 1.165) is 25.8 Å². The third kappa shape index (κ3) is 14.2. The van der Waals surface area contributed by atoms with Crippen molar-refractivity contribution >= 4 is 25.9 Å². The predicted octanol–water partition coefficient (Wildman–Crippen LogP) is 2.42. The first-order chi connectivity index (χ1) is 10.1. The number of unbranched alkanes of at least 4 members (excludes halogenated alkanes) is 2. The fourth-order valence-electron chi connectivity index (χ4n) is 1.34. The van der Waals surface area contributed by atoms with Crippen LogP contribution in [0.2, 0.25) is 0 Å². The Balaban J connectivity index is 3.62. The Morgan fingerprint density at radius 3 is 2.57 bits per heavy atom. The average Bonchev–Trinajstić information content (AvgIpc) is 2.45. The maximum Gasteiger partial charge on any atom is 0.256 e. The van der Waals surface area contributed by atoms with Crippen LogP contribution in [-0.2, 0) is 9.05 Å². The van der Waals surface area contributed by atoms with Crippen molar-refractivity contribution in [3.05, 3.63) is 0 Å². The molecule has 1 atom stereocenters. The van der Waals surface area contributed by atoms with E-state index < -0.39 is 8.53 Å². The molecule has 0 aromatic carbocycles. The highest BCUT2D eigenvalue weighted by Gasteiger charge is 2.11. The van der Waals surface area contributed by atoms with E-state index in [9.17, 15) is 0 Å². The predicted molar refractivity (Wildman–Crippen MR) is 90.8 cm³/mol. The van der Waals surface area contributed by atoms with Gasteiger partial charge in [0.15, 0.2) is 5.11 Å². The molecule has 0 aromatic heterocycles. The van der Waals surface area contributed by atoms with E-state index >= 15 is 0 Å². The molecule has 0 bridgehead atoms. The highest BCUT2D eigenvalue weighted by atomic mass is 32.1. The molecular formula is C13H27N4O2PS. The van der Waals surface area contributed by atoms with Crippen molar-refractivity contribution < 1.29 is 9.05 Å². The minimum atomic E-state index is -1.10. The summed E-state index contributed by atoms with van der Waals surface area (Å²) < 4.78 is 11.3. The van der Waals surface area contributed by atoms with Gasteiger partial charge in [-0.1, -0.05) is 0 Å². The Bertz CT molecular complexity index is 313. The first-order valence-electron chi connectivity index (χ1n) is 7.24. The molecule has 0 heterocycles. The molecule has 122 valence electrons. The molecule has 6 nitrogen and oxygen atoms in total. The Labute approximate surface area is 134 Å². The van der Waals surface area contributed by atoms with Gasteiger partial charge in [-0.25, -0.2) is 5.09 Å². The zero-order valence-electron chi connectivity index (χ0n) is 13.1. The lowest BCUT2D eigenvalue weighted by Crippen LogP contribution is -2.32. The highest BCUT2D eigenvalue weighted by molar-refractivity contribution is 7.80. The van der Waals surface area contributed by atoms with Gasteiger partial charge in [0.1, 0.15) is 0 Å². The number of thiocarbonyl (C=S) groups is 1. The van der Waals surface area contributed by atoms with Gasteiger partial charge >= 0.3 is 0 Å². The molecule has 0 rings (SSSR count). The molecule has 3 N–H and O–H groups in total. The second kappa shape index (κ2) is 14.4. The fraction of sp³-hybridized carbons (Fsp3) is 0.846. The van der Waals surface area contributed by atoms with Gasteiger partial charge in [0.05, 0.1) is 25.7 Å². The Hall–Kier alpha value is -0.510. The van der Waals surface area contributed by atoms with Crippen LogP contribution in [0, 0.1) is 11.3 Å². The summed E-state index contributed by atoms with van der Waals surface area (Å²) in [6.45, 7) is 6.03. The number of hydrogen-bond donors (Lipinski definition) is 3. The zero-order valence-corrected chi connectivity index (χ0v) is 14.9. The fourth-order valence-corrected chi connectivity index (χ4v) is 2.64. The molecular weight excluding hydrogens is 307 g/mol. The zero-order chi connectivity index (χ0) is 15.9. The number of nitriles is 1. The molecule has 0 aromatic rings. The standard InChI is InChI=1S/C13H27N4O2PS/c1-12(2)17-20(19-11-7-8-14)18-10-6-4-5-9-16-13(21)15-3/h12,17H,4-7,9-11H2,1-3H3,(H2,15,16,21). The third-order valence-electron chi connectivity index (χ3n) is 2.33. The highest BCUT2D eigenvalue weighted by Crippen LogP contribution is 2.34. The Morgan fingerprint density at radius 2 is 1.95 bits per heavy atom. The van der Waals surface area contributed by atoms with Crippen LogP contribution in [0.3, 0.4) is 0 Å². The van der Waals surface area contributed by atoms with Crippen LogP contribution in [-0.4, -0.2) is 38.0 Å². The Kier molecular flexibility index (Phi) is 14.1. The first kappa shape index (κ1) is 20.5. The van der Waals surface area contributed by atoms with E-state index in [1.165, 1.54) is 0 Å². The lowest BCUT2D eigenvalue weighted by molar-refractivity contribution is 0.238. The summed E-state index contributed by atoms with van der Waals surface area (Å²) in [4.78, 5) is 0. The summed E-state index contributed by atoms with van der Waals surface area (Å²) in [5.74, 6) is 0. The molecule has 0 aliphatic rings. The summed E-state index contributed by atoms with van der Waals surface area (Å²) in [5.41, 5.74) is 0. The van der Waals surface area contributed by atoms with Crippen LogP contribution in [0.5, 0.6) is 0 Å². The molecule has 0 radical (unpaired) electrons. The summed E-state index contributed by atoms with van der Waals surface area (Å²) in [5, 5.41) is 18.4. The number of rotatable bonds is 12. The van der Waals surface area contributed by atoms with Crippen molar-refractivity contribution in [2.75, 3.05) is 26.8 Å². The molecule has 0 saturated heterocycles. The maximum atomic E-state index is 8.51. The third-order valence-corrected chi connectivity index (χ3v) is 4.24. The van der Waals surface area contributed by atoms with E-state index in [1.54, 1.807) is 7.05 Å². The van der Waals surface area contributed by atoms with E-state index in [1.807, 2.05) is 13.8 Å². The maximum absolute atomic E-state index is 8.51. The SMILES string of the molecule is CNC(=S)NCCCCCOP(NC(C)C)OCCC#N. The Morgan fingerprint density at radius 1 is 1.24 bits per heavy atom. The van der Waals surface area contributed by atoms with E-state index in [2.05, 4.69) is 21.8 Å². The second-order valence-electron chi connectivity index (χ2n) is 4.68. The molecule has 0 amide bonds. The van der Waals surface area contributed by atoms with Crippen LogP contribution in [0.4, 0.5) is 0 Å². The monoisotopic (exact) mass is 334 g/mol. The average molecular weight is 334 g/mol. The van der Waals surface area contributed by atoms with Gasteiger partial charge in [0.25, 0.3) is 8.53 Å². The molecule has 0 spiro atoms. The molecule has 0 aliphatic carbocycles. The number of hydrogen-bond acceptors (Lipinski definition) is 5. The van der Waals surface area contributed by atoms with Crippen molar-refractivity contribution in [2.45, 2.75) is 45.6 Å². The summed E-state index contributed by atoms with van der Waals surface area (Å²) >= 11 is 4.99. The molecule has 0 aliphatic heterocycles. The quantitative estimate of drug-likeness (QED) is 0.287. The number of nitrogens with zero attached hydrogens (tertiary/aromatic N) is 1. The molecule has 1 unspecified atom stereocenters. The van der Waals surface area contributed by atoms with Crippen molar-refractivity contribution in [2.24, 2.45) is 0 Å². The summed E-state index contributed by atoms with van der Waals surface area (Å²) in [7, 11) is 0.708. The van der Waals surface area contributed by atoms with Crippen molar-refractivity contribution in [3.8, 4) is 6.07 Å². The van der Waals surface area contributed by atoms with Crippen molar-refractivity contribution in [3.63, 3.8) is 0 Å². The lowest BCUT2D eigenvalue weighted by atomic mass is 10.2. The minimum absolute atomic E-state index is 0.296. The minimum Gasteiger partial charge on any atom is -0.366 e. The van der Waals surface area contributed by atoms with E-state index in [-0.39, 0.29) is 0 Å². The smallest absolute Gasteiger partial charge is 0.256 e. The van der Waals surface area contributed by atoms with Gasteiger partial charge in [-0.15, -0.1) is 0 Å². The van der Waals surface area contributed by atoms with Crippen molar-refractivity contribution in [1.29, 1.82) is 5.26 Å². The summed E-state index contributed by atoms with van der Waals surface area (Å²) in [6, 6.07) is 2.36. The summed E-state index contributed by atoms with van der Waals surface area (Å²) in [6.07, 6.45) is 3.49. The molecule has 8 heteroatoms. The van der Waals surface area contributed by atoms with Gasteiger partial charge in [-0.3, -0.25) is 0 Å². The van der Waals surface area contributed by atoms with E-state index in [0.29, 0.717) is 30.8 Å². The largest absolute Gasteiger partial charge is 0.366 e. The molecule has 0 saturated carbocycles.